The van der Waals surface area contributed by atoms with E-state index in [9.17, 15) is 14.4 Å². The highest BCUT2D eigenvalue weighted by molar-refractivity contribution is 6.23. The molecule has 1 saturated heterocycles. The molecule has 3 N–H and O–H groups in total. The number of hydrogen-bond donors (Lipinski definition) is 2. The highest BCUT2D eigenvalue weighted by atomic mass is 16.2. The Labute approximate surface area is 86.7 Å². The summed E-state index contributed by atoms with van der Waals surface area (Å²) in [4.78, 5) is 33.9. The van der Waals surface area contributed by atoms with E-state index < -0.39 is 23.6 Å². The van der Waals surface area contributed by atoms with Gasteiger partial charge in [0.15, 0.2) is 0 Å². The van der Waals surface area contributed by atoms with Gasteiger partial charge >= 0.3 is 0 Å². The van der Waals surface area contributed by atoms with Crippen molar-refractivity contribution in [3.05, 3.63) is 11.1 Å². The molecular formula is C10H12N2O3. The van der Waals surface area contributed by atoms with Gasteiger partial charge in [-0.2, -0.15) is 0 Å². The second-order valence-corrected chi connectivity index (χ2v) is 3.88. The lowest BCUT2D eigenvalue weighted by Gasteiger charge is -2.06. The van der Waals surface area contributed by atoms with Gasteiger partial charge < -0.3 is 5.73 Å². The summed E-state index contributed by atoms with van der Waals surface area (Å²) in [7, 11) is 0. The molecule has 2 rings (SSSR count). The molecule has 0 aromatic heterocycles. The van der Waals surface area contributed by atoms with Gasteiger partial charge in [-0.15, -0.1) is 0 Å². The van der Waals surface area contributed by atoms with Crippen molar-refractivity contribution >= 4 is 17.7 Å². The van der Waals surface area contributed by atoms with Gasteiger partial charge in [-0.1, -0.05) is 5.57 Å². The molecule has 5 nitrogen and oxygen atoms in total. The monoisotopic (exact) mass is 208 g/mol. The van der Waals surface area contributed by atoms with Crippen LogP contribution >= 0.6 is 0 Å². The topological polar surface area (TPSA) is 89.3 Å². The van der Waals surface area contributed by atoms with Crippen LogP contribution in [0.3, 0.4) is 0 Å². The van der Waals surface area contributed by atoms with Crippen molar-refractivity contribution in [2.75, 3.05) is 0 Å². The van der Waals surface area contributed by atoms with Crippen LogP contribution in [0.5, 0.6) is 0 Å². The summed E-state index contributed by atoms with van der Waals surface area (Å²) in [6.07, 6.45) is 3.59. The largest absolute Gasteiger partial charge is 0.369 e. The minimum Gasteiger partial charge on any atom is -0.369 e. The van der Waals surface area contributed by atoms with Crippen LogP contribution in [-0.4, -0.2) is 17.7 Å². The van der Waals surface area contributed by atoms with Crippen LogP contribution in [-0.2, 0) is 14.4 Å². The third kappa shape index (κ3) is 1.54. The first kappa shape index (κ1) is 9.89. The van der Waals surface area contributed by atoms with E-state index in [0.717, 1.165) is 31.3 Å². The van der Waals surface area contributed by atoms with Crippen LogP contribution < -0.4 is 11.1 Å². The molecule has 1 saturated carbocycles. The van der Waals surface area contributed by atoms with Crippen molar-refractivity contribution in [2.24, 2.45) is 11.7 Å². The first-order valence-electron chi connectivity index (χ1n) is 4.97. The highest BCUT2D eigenvalue weighted by Crippen LogP contribution is 2.32. The van der Waals surface area contributed by atoms with Crippen molar-refractivity contribution in [1.29, 1.82) is 0 Å². The summed E-state index contributed by atoms with van der Waals surface area (Å²) in [5.74, 6) is -2.83. The molecule has 1 aliphatic heterocycles. The van der Waals surface area contributed by atoms with Crippen molar-refractivity contribution in [3.8, 4) is 0 Å². The Morgan fingerprint density at radius 1 is 1.27 bits per heavy atom. The molecule has 0 unspecified atom stereocenters. The molecule has 1 heterocycles. The molecule has 0 spiro atoms. The molecule has 3 amide bonds. The summed E-state index contributed by atoms with van der Waals surface area (Å²) < 4.78 is 0. The molecule has 5 heteroatoms. The maximum Gasteiger partial charge on any atom is 0.255 e. The normalized spacial score (nSPS) is 26.0. The zero-order chi connectivity index (χ0) is 11.0. The average molecular weight is 208 g/mol. The zero-order valence-corrected chi connectivity index (χ0v) is 8.21. The first-order valence-corrected chi connectivity index (χ1v) is 4.97. The van der Waals surface area contributed by atoms with Crippen LogP contribution in [0, 0.1) is 5.92 Å². The van der Waals surface area contributed by atoms with Crippen LogP contribution in [0.4, 0.5) is 0 Å². The summed E-state index contributed by atoms with van der Waals surface area (Å²) in [6.45, 7) is 0. The maximum absolute atomic E-state index is 11.5. The van der Waals surface area contributed by atoms with E-state index in [4.69, 9.17) is 5.73 Å². The van der Waals surface area contributed by atoms with Gasteiger partial charge in [-0.05, 0) is 25.7 Å². The van der Waals surface area contributed by atoms with Crippen LogP contribution in [0.2, 0.25) is 0 Å². The molecule has 1 atom stereocenters. The Morgan fingerprint density at radius 2 is 1.87 bits per heavy atom. The Bertz CT molecular complexity index is 376. The fourth-order valence-electron chi connectivity index (χ4n) is 2.22. The van der Waals surface area contributed by atoms with E-state index in [1.165, 1.54) is 0 Å². The second kappa shape index (κ2) is 3.49. The van der Waals surface area contributed by atoms with Crippen LogP contribution in [0.1, 0.15) is 25.7 Å². The molecule has 0 aromatic rings. The maximum atomic E-state index is 11.5. The van der Waals surface area contributed by atoms with E-state index in [-0.39, 0.29) is 0 Å². The number of primary amides is 1. The Balaban J connectivity index is 2.43. The molecule has 0 aromatic carbocycles. The van der Waals surface area contributed by atoms with Gasteiger partial charge in [0.2, 0.25) is 11.8 Å². The molecular weight excluding hydrogens is 196 g/mol. The highest BCUT2D eigenvalue weighted by Gasteiger charge is 2.42. The number of hydrogen-bond acceptors (Lipinski definition) is 3. The number of imide groups is 1. The third-order valence-electron chi connectivity index (χ3n) is 2.90. The van der Waals surface area contributed by atoms with Gasteiger partial charge in [-0.25, -0.2) is 0 Å². The van der Waals surface area contributed by atoms with Crippen molar-refractivity contribution in [3.63, 3.8) is 0 Å². The minimum atomic E-state index is -1.06. The number of amides is 3. The van der Waals surface area contributed by atoms with Crippen molar-refractivity contribution in [2.45, 2.75) is 25.7 Å². The molecule has 0 bridgehead atoms. The standard InChI is InChI=1S/C10H12N2O3/c11-8(13)7-6(5-3-1-2-4-5)9(14)12-10(7)15/h7H,1-4H2,(H2,11,13)(H,12,14,15)/t7-/m1/s1. The van der Waals surface area contributed by atoms with Gasteiger partial charge in [0.25, 0.3) is 5.91 Å². The van der Waals surface area contributed by atoms with E-state index in [1.807, 2.05) is 0 Å². The zero-order valence-electron chi connectivity index (χ0n) is 8.21. The number of nitrogens with one attached hydrogen (secondary N) is 1. The smallest absolute Gasteiger partial charge is 0.255 e. The van der Waals surface area contributed by atoms with E-state index in [2.05, 4.69) is 5.32 Å². The molecule has 2 fully saturated rings. The number of nitrogens with two attached hydrogens (primary N) is 1. The second-order valence-electron chi connectivity index (χ2n) is 3.88. The van der Waals surface area contributed by atoms with E-state index >= 15 is 0 Å². The molecule has 15 heavy (non-hydrogen) atoms. The average Bonchev–Trinajstić information content (AvgIpc) is 2.71. The Hall–Kier alpha value is -1.65. The van der Waals surface area contributed by atoms with Crippen molar-refractivity contribution < 1.29 is 14.4 Å². The summed E-state index contributed by atoms with van der Waals surface area (Å²) in [5.41, 5.74) is 6.35. The van der Waals surface area contributed by atoms with Crippen LogP contribution in [0.25, 0.3) is 0 Å². The number of carbonyl (C=O) groups excluding carboxylic acids is 3. The third-order valence-corrected chi connectivity index (χ3v) is 2.90. The van der Waals surface area contributed by atoms with Gasteiger partial charge in [0, 0.05) is 5.57 Å². The fraction of sp³-hybridized carbons (Fsp3) is 0.500. The lowest BCUT2D eigenvalue weighted by molar-refractivity contribution is -0.130. The van der Waals surface area contributed by atoms with E-state index in [0.29, 0.717) is 5.57 Å². The lowest BCUT2D eigenvalue weighted by Crippen LogP contribution is -2.31. The quantitative estimate of drug-likeness (QED) is 0.349. The first-order chi connectivity index (χ1) is 7.11. The van der Waals surface area contributed by atoms with Gasteiger partial charge in [0.05, 0.1) is 0 Å². The minimum absolute atomic E-state index is 0.310. The van der Waals surface area contributed by atoms with Crippen molar-refractivity contribution in [1.82, 2.24) is 5.32 Å². The predicted molar refractivity (Wildman–Crippen MR) is 51.3 cm³/mol. The van der Waals surface area contributed by atoms with E-state index in [1.54, 1.807) is 0 Å². The SMILES string of the molecule is NC(=O)[C@@H]1C(=O)NC(=O)C1=C1CCCC1. The summed E-state index contributed by atoms with van der Waals surface area (Å²) in [6, 6.07) is 0. The molecule has 0 radical (unpaired) electrons. The van der Waals surface area contributed by atoms with Gasteiger partial charge in [-0.3, -0.25) is 19.7 Å². The number of rotatable bonds is 1. The number of carbonyl (C=O) groups is 3. The number of allylic oxidation sites excluding steroid dienone is 1. The molecule has 1 aliphatic carbocycles. The predicted octanol–water partition coefficient (Wildman–Crippen LogP) is -0.385. The summed E-state index contributed by atoms with van der Waals surface area (Å²) in [5, 5.41) is 2.14. The fourth-order valence-corrected chi connectivity index (χ4v) is 2.22. The Kier molecular flexibility index (Phi) is 2.30. The molecule has 2 aliphatic rings. The van der Waals surface area contributed by atoms with Gasteiger partial charge in [0.1, 0.15) is 5.92 Å². The van der Waals surface area contributed by atoms with Crippen LogP contribution in [0.15, 0.2) is 11.1 Å². The summed E-state index contributed by atoms with van der Waals surface area (Å²) >= 11 is 0. The Morgan fingerprint density at radius 3 is 2.40 bits per heavy atom. The molecule has 80 valence electrons. The lowest BCUT2D eigenvalue weighted by atomic mass is 9.95.